The summed E-state index contributed by atoms with van der Waals surface area (Å²) in [7, 11) is 0. The van der Waals surface area contributed by atoms with Crippen LogP contribution in [-0.4, -0.2) is 28.6 Å². The third kappa shape index (κ3) is 3.63. The topological polar surface area (TPSA) is 45.3 Å². The minimum absolute atomic E-state index is 0.191. The third-order valence-corrected chi connectivity index (χ3v) is 5.50. The second-order valence-corrected chi connectivity index (χ2v) is 7.65. The molecule has 1 N–H and O–H groups in total. The van der Waals surface area contributed by atoms with E-state index in [1.54, 1.807) is 0 Å². The Morgan fingerprint density at radius 1 is 1.23 bits per heavy atom. The predicted molar refractivity (Wildman–Crippen MR) is 106 cm³/mol. The van der Waals surface area contributed by atoms with E-state index < -0.39 is 0 Å². The Morgan fingerprint density at radius 3 is 2.92 bits per heavy atom. The molecule has 0 unspecified atom stereocenters. The average Bonchev–Trinajstić information content (AvgIpc) is 3.28. The fraction of sp³-hybridized carbons (Fsp3) is 0.286. The third-order valence-electron chi connectivity index (χ3n) is 5.00. The molecule has 3 aromatic rings. The number of ether oxygens (including phenoxy) is 1. The molecule has 1 aliphatic heterocycles. The van der Waals surface area contributed by atoms with Crippen molar-refractivity contribution in [3.8, 4) is 0 Å². The van der Waals surface area contributed by atoms with E-state index in [4.69, 9.17) is 4.74 Å². The number of hydrogen-bond donors (Lipinski definition) is 1. The van der Waals surface area contributed by atoms with Gasteiger partial charge in [0.15, 0.2) is 0 Å². The number of aromatic nitrogens is 1. The van der Waals surface area contributed by atoms with Crippen molar-refractivity contribution in [3.63, 3.8) is 0 Å². The van der Waals surface area contributed by atoms with Crippen LogP contribution in [0.2, 0.25) is 0 Å². The molecule has 4 nitrogen and oxygen atoms in total. The Balaban J connectivity index is 1.44. The van der Waals surface area contributed by atoms with E-state index in [1.165, 1.54) is 10.9 Å². The van der Waals surface area contributed by atoms with E-state index in [0.29, 0.717) is 6.61 Å². The molecule has 1 aromatic heterocycles. The molecule has 134 valence electrons. The van der Waals surface area contributed by atoms with Gasteiger partial charge in [-0.15, -0.1) is 0 Å². The Hall–Kier alpha value is -2.27. The molecule has 1 saturated heterocycles. The highest BCUT2D eigenvalue weighted by molar-refractivity contribution is 9.10. The maximum absolute atomic E-state index is 12.6. The van der Waals surface area contributed by atoms with E-state index in [9.17, 15) is 4.79 Å². The quantitative estimate of drug-likeness (QED) is 0.633. The number of carbonyl (C=O) groups excluding carboxylic acids is 1. The van der Waals surface area contributed by atoms with Gasteiger partial charge in [0, 0.05) is 34.2 Å². The zero-order valence-electron chi connectivity index (χ0n) is 14.5. The van der Waals surface area contributed by atoms with Gasteiger partial charge in [-0.05, 0) is 48.6 Å². The number of carbonyl (C=O) groups is 1. The van der Waals surface area contributed by atoms with Gasteiger partial charge in [-0.2, -0.15) is 0 Å². The van der Waals surface area contributed by atoms with E-state index in [0.717, 1.165) is 41.4 Å². The van der Waals surface area contributed by atoms with Gasteiger partial charge in [-0.1, -0.05) is 46.3 Å². The van der Waals surface area contributed by atoms with Gasteiger partial charge in [0.05, 0.1) is 0 Å². The molecule has 1 fully saturated rings. The van der Waals surface area contributed by atoms with Crippen LogP contribution >= 0.6 is 15.9 Å². The van der Waals surface area contributed by atoms with Gasteiger partial charge in [0.2, 0.25) is 0 Å². The van der Waals surface area contributed by atoms with Crippen molar-refractivity contribution >= 4 is 32.9 Å². The summed E-state index contributed by atoms with van der Waals surface area (Å²) < 4.78 is 6.61. The number of hydrogen-bond acceptors (Lipinski definition) is 2. The zero-order chi connectivity index (χ0) is 17.9. The Labute approximate surface area is 161 Å². The second kappa shape index (κ2) is 7.54. The number of nitrogens with one attached hydrogen (secondary N) is 1. The molecule has 5 heteroatoms. The first-order valence-corrected chi connectivity index (χ1v) is 9.73. The molecule has 0 radical (unpaired) electrons. The van der Waals surface area contributed by atoms with E-state index in [-0.39, 0.29) is 12.1 Å². The average molecular weight is 413 g/mol. The molecule has 1 aliphatic rings. The molecule has 4 rings (SSSR count). The SMILES string of the molecule is O=C(OCc1ccccc1)N1CCC[C@H]1Cc1c[nH]c2ccc(Br)cc12. The maximum atomic E-state index is 12.6. The molecule has 26 heavy (non-hydrogen) atoms. The number of rotatable bonds is 4. The number of H-pyrrole nitrogens is 1. The van der Waals surface area contributed by atoms with Crippen LogP contribution in [0.5, 0.6) is 0 Å². The van der Waals surface area contributed by atoms with Crippen LogP contribution in [0.15, 0.2) is 59.2 Å². The lowest BCUT2D eigenvalue weighted by Crippen LogP contribution is -2.37. The van der Waals surface area contributed by atoms with Crippen LogP contribution in [0.25, 0.3) is 10.9 Å². The molecule has 0 aliphatic carbocycles. The van der Waals surface area contributed by atoms with Crippen LogP contribution in [0.1, 0.15) is 24.0 Å². The van der Waals surface area contributed by atoms with Crippen molar-refractivity contribution in [1.82, 2.24) is 9.88 Å². The van der Waals surface area contributed by atoms with Gasteiger partial charge in [-0.25, -0.2) is 4.79 Å². The fourth-order valence-corrected chi connectivity index (χ4v) is 4.02. The van der Waals surface area contributed by atoms with E-state index in [1.807, 2.05) is 41.3 Å². The lowest BCUT2D eigenvalue weighted by atomic mass is 10.0. The lowest BCUT2D eigenvalue weighted by molar-refractivity contribution is 0.0921. The monoisotopic (exact) mass is 412 g/mol. The standard InChI is InChI=1S/C21H21BrN2O2/c22-17-8-9-20-19(12-17)16(13-23-20)11-18-7-4-10-24(18)21(25)26-14-15-5-2-1-3-6-15/h1-3,5-6,8-9,12-13,18,23H,4,7,10-11,14H2/t18-/m0/s1. The molecule has 1 atom stereocenters. The number of nitrogens with zero attached hydrogens (tertiary/aromatic N) is 1. The van der Waals surface area contributed by atoms with Crippen LogP contribution < -0.4 is 0 Å². The van der Waals surface area contributed by atoms with Gasteiger partial charge >= 0.3 is 6.09 Å². The summed E-state index contributed by atoms with van der Waals surface area (Å²) in [6.45, 7) is 1.09. The number of fused-ring (bicyclic) bond motifs is 1. The van der Waals surface area contributed by atoms with Crippen molar-refractivity contribution in [2.45, 2.75) is 31.9 Å². The first kappa shape index (κ1) is 17.2. The Bertz CT molecular complexity index is 907. The van der Waals surface area contributed by atoms with Crippen molar-refractivity contribution in [3.05, 3.63) is 70.3 Å². The summed E-state index contributed by atoms with van der Waals surface area (Å²) in [5.41, 5.74) is 3.38. The number of amides is 1. The van der Waals surface area contributed by atoms with Crippen molar-refractivity contribution in [2.24, 2.45) is 0 Å². The van der Waals surface area contributed by atoms with Gasteiger partial charge < -0.3 is 14.6 Å². The first-order valence-electron chi connectivity index (χ1n) is 8.93. The van der Waals surface area contributed by atoms with Gasteiger partial charge in [0.25, 0.3) is 0 Å². The number of aromatic amines is 1. The molecule has 1 amide bonds. The minimum atomic E-state index is -0.211. The summed E-state index contributed by atoms with van der Waals surface area (Å²) in [4.78, 5) is 17.8. The lowest BCUT2D eigenvalue weighted by Gasteiger charge is -2.24. The first-order chi connectivity index (χ1) is 12.7. The summed E-state index contributed by atoms with van der Waals surface area (Å²) in [5.74, 6) is 0. The number of halogens is 1. The second-order valence-electron chi connectivity index (χ2n) is 6.74. The molecular formula is C21H21BrN2O2. The van der Waals surface area contributed by atoms with Crippen molar-refractivity contribution in [1.29, 1.82) is 0 Å². The summed E-state index contributed by atoms with van der Waals surface area (Å²) >= 11 is 3.54. The molecule has 0 spiro atoms. The normalized spacial score (nSPS) is 17.0. The number of likely N-dealkylation sites (tertiary alicyclic amines) is 1. The van der Waals surface area contributed by atoms with Crippen LogP contribution in [-0.2, 0) is 17.8 Å². The Morgan fingerprint density at radius 2 is 2.08 bits per heavy atom. The van der Waals surface area contributed by atoms with Gasteiger partial charge in [0.1, 0.15) is 6.61 Å². The van der Waals surface area contributed by atoms with E-state index in [2.05, 4.69) is 39.2 Å². The van der Waals surface area contributed by atoms with Crippen molar-refractivity contribution in [2.75, 3.05) is 6.54 Å². The molecule has 2 aromatic carbocycles. The highest BCUT2D eigenvalue weighted by Crippen LogP contribution is 2.28. The highest BCUT2D eigenvalue weighted by atomic mass is 79.9. The highest BCUT2D eigenvalue weighted by Gasteiger charge is 2.30. The molecular weight excluding hydrogens is 392 g/mol. The van der Waals surface area contributed by atoms with Crippen LogP contribution in [0, 0.1) is 0 Å². The van der Waals surface area contributed by atoms with Crippen molar-refractivity contribution < 1.29 is 9.53 Å². The molecule has 2 heterocycles. The van der Waals surface area contributed by atoms with Crippen LogP contribution in [0.4, 0.5) is 4.79 Å². The fourth-order valence-electron chi connectivity index (χ4n) is 3.66. The van der Waals surface area contributed by atoms with E-state index >= 15 is 0 Å². The maximum Gasteiger partial charge on any atom is 0.410 e. The summed E-state index contributed by atoms with van der Waals surface area (Å²) in [6.07, 6.45) is 4.73. The minimum Gasteiger partial charge on any atom is -0.445 e. The summed E-state index contributed by atoms with van der Waals surface area (Å²) in [5, 5.41) is 1.21. The summed E-state index contributed by atoms with van der Waals surface area (Å²) in [6, 6.07) is 16.2. The zero-order valence-corrected chi connectivity index (χ0v) is 16.0. The predicted octanol–water partition coefficient (Wildman–Crippen LogP) is 5.27. The smallest absolute Gasteiger partial charge is 0.410 e. The Kier molecular flexibility index (Phi) is 4.98. The number of benzene rings is 2. The molecule has 0 bridgehead atoms. The largest absolute Gasteiger partial charge is 0.445 e. The van der Waals surface area contributed by atoms with Crippen LogP contribution in [0.3, 0.4) is 0 Å². The van der Waals surface area contributed by atoms with Gasteiger partial charge in [-0.3, -0.25) is 0 Å². The molecule has 0 saturated carbocycles.